The summed E-state index contributed by atoms with van der Waals surface area (Å²) in [7, 11) is 1.70. The summed E-state index contributed by atoms with van der Waals surface area (Å²) in [5, 5.41) is 4.94. The average molecular weight is 466 g/mol. The fraction of sp³-hybridized carbons (Fsp3) is 0.0588. The van der Waals surface area contributed by atoms with Crippen LogP contribution in [0.25, 0.3) is 32.7 Å². The molecule has 0 N–H and O–H groups in total. The first-order valence-electron chi connectivity index (χ1n) is 12.2. The Morgan fingerprint density at radius 2 is 1.11 bits per heavy atom. The van der Waals surface area contributed by atoms with Crippen LogP contribution in [-0.2, 0) is 0 Å². The fourth-order valence-corrected chi connectivity index (χ4v) is 5.03. The Bertz CT molecular complexity index is 1660. The van der Waals surface area contributed by atoms with E-state index in [4.69, 9.17) is 4.74 Å². The molecule has 6 rings (SSSR count). The minimum atomic E-state index is 0.843. The zero-order valence-electron chi connectivity index (χ0n) is 20.5. The minimum Gasteiger partial charge on any atom is -0.497 e. The SMILES string of the molecule is COc1ccc(N(c2ccc(C)cc2)c2ccc3ccccc3c2-c2cccc3ccccc23)cc1. The lowest BCUT2D eigenvalue weighted by molar-refractivity contribution is 0.415. The molecule has 174 valence electrons. The summed E-state index contributed by atoms with van der Waals surface area (Å²) in [6, 6.07) is 45.4. The van der Waals surface area contributed by atoms with Crippen LogP contribution in [0.2, 0.25) is 0 Å². The van der Waals surface area contributed by atoms with E-state index in [0.29, 0.717) is 0 Å². The molecule has 0 aliphatic heterocycles. The quantitative estimate of drug-likeness (QED) is 0.251. The van der Waals surface area contributed by atoms with E-state index >= 15 is 0 Å². The van der Waals surface area contributed by atoms with Crippen LogP contribution in [0.5, 0.6) is 5.75 Å². The lowest BCUT2D eigenvalue weighted by Gasteiger charge is -2.29. The van der Waals surface area contributed by atoms with Gasteiger partial charge in [-0.25, -0.2) is 0 Å². The van der Waals surface area contributed by atoms with E-state index < -0.39 is 0 Å². The highest BCUT2D eigenvalue weighted by Gasteiger charge is 2.20. The molecule has 6 aromatic rings. The monoisotopic (exact) mass is 465 g/mol. The van der Waals surface area contributed by atoms with Gasteiger partial charge >= 0.3 is 0 Å². The molecule has 0 aromatic heterocycles. The van der Waals surface area contributed by atoms with Crippen molar-refractivity contribution in [1.29, 1.82) is 0 Å². The number of aryl methyl sites for hydroxylation is 1. The van der Waals surface area contributed by atoms with Crippen molar-refractivity contribution in [2.45, 2.75) is 6.92 Å². The number of nitrogens with zero attached hydrogens (tertiary/aromatic N) is 1. The molecule has 0 aliphatic rings. The molecule has 0 spiro atoms. The van der Waals surface area contributed by atoms with Gasteiger partial charge in [0.1, 0.15) is 5.75 Å². The molecule has 0 radical (unpaired) electrons. The maximum atomic E-state index is 5.46. The fourth-order valence-electron chi connectivity index (χ4n) is 5.03. The molecule has 0 fully saturated rings. The average Bonchev–Trinajstić information content (AvgIpc) is 2.94. The first-order valence-corrected chi connectivity index (χ1v) is 12.2. The van der Waals surface area contributed by atoms with E-state index in [1.165, 1.54) is 38.2 Å². The molecule has 0 amide bonds. The maximum Gasteiger partial charge on any atom is 0.119 e. The highest BCUT2D eigenvalue weighted by atomic mass is 16.5. The van der Waals surface area contributed by atoms with Crippen LogP contribution in [0.4, 0.5) is 17.1 Å². The van der Waals surface area contributed by atoms with Gasteiger partial charge in [0.15, 0.2) is 0 Å². The zero-order valence-corrected chi connectivity index (χ0v) is 20.5. The second-order valence-corrected chi connectivity index (χ2v) is 9.08. The van der Waals surface area contributed by atoms with E-state index in [1.807, 2.05) is 12.1 Å². The van der Waals surface area contributed by atoms with Crippen molar-refractivity contribution in [2.24, 2.45) is 0 Å². The predicted molar refractivity (Wildman–Crippen MR) is 153 cm³/mol. The molecule has 0 saturated heterocycles. The molecular formula is C34H27NO. The van der Waals surface area contributed by atoms with Crippen LogP contribution in [0, 0.1) is 6.92 Å². The molecule has 0 saturated carbocycles. The van der Waals surface area contributed by atoms with Gasteiger partial charge in [-0.3, -0.25) is 0 Å². The molecule has 0 atom stereocenters. The highest BCUT2D eigenvalue weighted by molar-refractivity contribution is 6.11. The van der Waals surface area contributed by atoms with Gasteiger partial charge in [0, 0.05) is 16.9 Å². The van der Waals surface area contributed by atoms with Crippen molar-refractivity contribution in [3.8, 4) is 16.9 Å². The van der Waals surface area contributed by atoms with Crippen molar-refractivity contribution in [2.75, 3.05) is 12.0 Å². The summed E-state index contributed by atoms with van der Waals surface area (Å²) in [6.45, 7) is 2.12. The lowest BCUT2D eigenvalue weighted by atomic mass is 9.91. The molecule has 0 unspecified atom stereocenters. The standard InChI is InChI=1S/C34H27NO/c1-24-14-17-27(18-15-24)35(28-19-21-29(36-2)22-20-28)33-23-16-26-9-4-6-12-31(26)34(33)32-13-7-10-25-8-3-5-11-30(25)32/h3-23H,1-2H3. The van der Waals surface area contributed by atoms with Gasteiger partial charge in [0.25, 0.3) is 0 Å². The Labute approximate surface area is 212 Å². The third kappa shape index (κ3) is 3.87. The molecule has 2 heteroatoms. The molecule has 0 aliphatic carbocycles. The van der Waals surface area contributed by atoms with E-state index in [1.54, 1.807) is 7.11 Å². The van der Waals surface area contributed by atoms with Gasteiger partial charge in [0.2, 0.25) is 0 Å². The van der Waals surface area contributed by atoms with Crippen LogP contribution < -0.4 is 9.64 Å². The van der Waals surface area contributed by atoms with E-state index in [0.717, 1.165) is 22.8 Å². The summed E-state index contributed by atoms with van der Waals surface area (Å²) >= 11 is 0. The first-order chi connectivity index (χ1) is 17.7. The van der Waals surface area contributed by atoms with Crippen LogP contribution in [-0.4, -0.2) is 7.11 Å². The minimum absolute atomic E-state index is 0.843. The summed E-state index contributed by atoms with van der Waals surface area (Å²) in [5.41, 5.74) is 7.02. The Hall–Kier alpha value is -4.56. The molecule has 2 nitrogen and oxygen atoms in total. The zero-order chi connectivity index (χ0) is 24.5. The molecule has 36 heavy (non-hydrogen) atoms. The lowest BCUT2D eigenvalue weighted by Crippen LogP contribution is -2.11. The number of hydrogen-bond donors (Lipinski definition) is 0. The molecule has 0 bridgehead atoms. The summed E-state index contributed by atoms with van der Waals surface area (Å²) in [5.74, 6) is 0.843. The van der Waals surface area contributed by atoms with Crippen LogP contribution in [0.15, 0.2) is 127 Å². The Morgan fingerprint density at radius 1 is 0.528 bits per heavy atom. The topological polar surface area (TPSA) is 12.5 Å². The van der Waals surface area contributed by atoms with Crippen LogP contribution >= 0.6 is 0 Å². The first kappa shape index (κ1) is 21.9. The van der Waals surface area contributed by atoms with Crippen molar-refractivity contribution in [3.05, 3.63) is 133 Å². The second kappa shape index (κ2) is 9.24. The van der Waals surface area contributed by atoms with Gasteiger partial charge in [-0.15, -0.1) is 0 Å². The maximum absolute atomic E-state index is 5.46. The van der Waals surface area contributed by atoms with E-state index in [2.05, 4.69) is 127 Å². The highest BCUT2D eigenvalue weighted by Crippen LogP contribution is 2.46. The third-order valence-corrected chi connectivity index (χ3v) is 6.83. The van der Waals surface area contributed by atoms with E-state index in [-0.39, 0.29) is 0 Å². The van der Waals surface area contributed by atoms with Gasteiger partial charge in [-0.2, -0.15) is 0 Å². The largest absolute Gasteiger partial charge is 0.497 e. The van der Waals surface area contributed by atoms with Crippen molar-refractivity contribution in [3.63, 3.8) is 0 Å². The van der Waals surface area contributed by atoms with Gasteiger partial charge in [0.05, 0.1) is 12.8 Å². The number of anilines is 3. The molecule has 6 aromatic carbocycles. The van der Waals surface area contributed by atoms with Gasteiger partial charge in [-0.05, 0) is 76.5 Å². The van der Waals surface area contributed by atoms with Crippen LogP contribution in [0.1, 0.15) is 5.56 Å². The van der Waals surface area contributed by atoms with Crippen molar-refractivity contribution in [1.82, 2.24) is 0 Å². The predicted octanol–water partition coefficient (Wildman–Crippen LogP) is 9.45. The van der Waals surface area contributed by atoms with Gasteiger partial charge in [-0.1, -0.05) is 90.5 Å². The number of fused-ring (bicyclic) bond motifs is 2. The normalized spacial score (nSPS) is 11.1. The Morgan fingerprint density at radius 3 is 1.81 bits per heavy atom. The number of rotatable bonds is 5. The molecular weight excluding hydrogens is 438 g/mol. The number of benzene rings is 6. The Kier molecular flexibility index (Phi) is 5.63. The molecule has 0 heterocycles. The summed E-state index contributed by atoms with van der Waals surface area (Å²) in [4.78, 5) is 2.35. The smallest absolute Gasteiger partial charge is 0.119 e. The summed E-state index contributed by atoms with van der Waals surface area (Å²) < 4.78 is 5.46. The number of hydrogen-bond acceptors (Lipinski definition) is 2. The Balaban J connectivity index is 1.70. The van der Waals surface area contributed by atoms with Crippen molar-refractivity contribution < 1.29 is 4.74 Å². The number of methoxy groups -OCH3 is 1. The third-order valence-electron chi connectivity index (χ3n) is 6.83. The van der Waals surface area contributed by atoms with Crippen LogP contribution in [0.3, 0.4) is 0 Å². The van der Waals surface area contributed by atoms with E-state index in [9.17, 15) is 0 Å². The van der Waals surface area contributed by atoms with Crippen molar-refractivity contribution >= 4 is 38.6 Å². The summed E-state index contributed by atoms with van der Waals surface area (Å²) in [6.07, 6.45) is 0. The number of ether oxygens (including phenoxy) is 1. The second-order valence-electron chi connectivity index (χ2n) is 9.08. The van der Waals surface area contributed by atoms with Gasteiger partial charge < -0.3 is 9.64 Å².